The molecule has 0 aliphatic rings. The van der Waals surface area contributed by atoms with Crippen LogP contribution in [0.3, 0.4) is 0 Å². The number of hydrogen-bond acceptors (Lipinski definition) is 6. The number of oxazole rings is 1. The van der Waals surface area contributed by atoms with Crippen LogP contribution in [0.1, 0.15) is 17.3 Å². The van der Waals surface area contributed by atoms with Crippen LogP contribution in [0.2, 0.25) is 0 Å². The minimum absolute atomic E-state index is 0.00399. The molecule has 0 bridgehead atoms. The Kier molecular flexibility index (Phi) is 3.69. The number of benzene rings is 1. The Morgan fingerprint density at radius 1 is 1.40 bits per heavy atom. The van der Waals surface area contributed by atoms with Crippen molar-refractivity contribution in [2.45, 2.75) is 25.3 Å². The van der Waals surface area contributed by atoms with Crippen molar-refractivity contribution in [1.82, 2.24) is 9.71 Å². The van der Waals surface area contributed by atoms with Gasteiger partial charge in [0.25, 0.3) is 0 Å². The number of sulfonamides is 1. The molecule has 0 atom stereocenters. The standard InChI is InChI=1S/C12H15N3O4S/c1-7-8(2)19-12(15-7)6-14-20(17,18)9-3-4-11(16)10(13)5-9/h3-5,14,16H,6,13H2,1-2H3. The molecule has 0 amide bonds. The summed E-state index contributed by atoms with van der Waals surface area (Å²) in [5, 5.41) is 9.29. The van der Waals surface area contributed by atoms with Gasteiger partial charge in [-0.1, -0.05) is 0 Å². The Labute approximate surface area is 116 Å². The molecule has 0 unspecified atom stereocenters. The van der Waals surface area contributed by atoms with Gasteiger partial charge in [0.2, 0.25) is 15.9 Å². The van der Waals surface area contributed by atoms with Crippen LogP contribution in [-0.4, -0.2) is 18.5 Å². The molecule has 2 aromatic rings. The molecular formula is C12H15N3O4S. The molecule has 0 radical (unpaired) electrons. The van der Waals surface area contributed by atoms with Crippen molar-refractivity contribution >= 4 is 15.7 Å². The number of nitrogen functional groups attached to an aromatic ring is 1. The van der Waals surface area contributed by atoms with Gasteiger partial charge in [0.15, 0.2) is 0 Å². The second kappa shape index (κ2) is 5.14. The molecule has 1 heterocycles. The second-order valence-corrected chi connectivity index (χ2v) is 6.06. The normalized spacial score (nSPS) is 11.7. The number of aryl methyl sites for hydroxylation is 2. The Morgan fingerprint density at radius 3 is 2.65 bits per heavy atom. The number of aromatic nitrogens is 1. The summed E-state index contributed by atoms with van der Waals surface area (Å²) < 4.78 is 31.7. The lowest BCUT2D eigenvalue weighted by molar-refractivity contribution is 0.462. The molecule has 4 N–H and O–H groups in total. The van der Waals surface area contributed by atoms with Crippen molar-refractivity contribution in [3.8, 4) is 5.75 Å². The van der Waals surface area contributed by atoms with Gasteiger partial charge in [-0.05, 0) is 32.0 Å². The number of nitrogens with one attached hydrogen (secondary N) is 1. The minimum Gasteiger partial charge on any atom is -0.506 e. The van der Waals surface area contributed by atoms with Crippen LogP contribution < -0.4 is 10.5 Å². The van der Waals surface area contributed by atoms with E-state index in [4.69, 9.17) is 10.2 Å². The quantitative estimate of drug-likeness (QED) is 0.573. The average Bonchev–Trinajstić information content (AvgIpc) is 2.70. The van der Waals surface area contributed by atoms with Crippen LogP contribution in [0.4, 0.5) is 5.69 Å². The molecular weight excluding hydrogens is 282 g/mol. The van der Waals surface area contributed by atoms with Crippen molar-refractivity contribution in [2.75, 3.05) is 5.73 Å². The van der Waals surface area contributed by atoms with Gasteiger partial charge in [-0.25, -0.2) is 18.1 Å². The summed E-state index contributed by atoms with van der Waals surface area (Å²) in [5.74, 6) is 0.770. The zero-order valence-electron chi connectivity index (χ0n) is 11.0. The van der Waals surface area contributed by atoms with E-state index >= 15 is 0 Å². The molecule has 1 aromatic heterocycles. The van der Waals surface area contributed by atoms with E-state index in [1.54, 1.807) is 13.8 Å². The highest BCUT2D eigenvalue weighted by atomic mass is 32.2. The summed E-state index contributed by atoms with van der Waals surface area (Å²) in [4.78, 5) is 4.05. The largest absolute Gasteiger partial charge is 0.506 e. The van der Waals surface area contributed by atoms with Crippen LogP contribution in [-0.2, 0) is 16.6 Å². The van der Waals surface area contributed by atoms with Gasteiger partial charge in [-0.3, -0.25) is 0 Å². The molecule has 108 valence electrons. The number of anilines is 1. The molecule has 0 saturated carbocycles. The minimum atomic E-state index is -3.74. The summed E-state index contributed by atoms with van der Waals surface area (Å²) in [5.41, 5.74) is 6.19. The highest BCUT2D eigenvalue weighted by Crippen LogP contribution is 2.23. The number of nitrogens with two attached hydrogens (primary N) is 1. The van der Waals surface area contributed by atoms with Gasteiger partial charge >= 0.3 is 0 Å². The topological polar surface area (TPSA) is 118 Å². The summed E-state index contributed by atoms with van der Waals surface area (Å²) in [6.45, 7) is 3.47. The molecule has 0 aliphatic heterocycles. The third-order valence-corrected chi connectivity index (χ3v) is 4.19. The zero-order valence-corrected chi connectivity index (χ0v) is 11.9. The van der Waals surface area contributed by atoms with Crippen molar-refractivity contribution < 1.29 is 17.9 Å². The molecule has 7 nitrogen and oxygen atoms in total. The fourth-order valence-corrected chi connectivity index (χ4v) is 2.56. The van der Waals surface area contributed by atoms with E-state index in [-0.39, 0.29) is 28.8 Å². The lowest BCUT2D eigenvalue weighted by Crippen LogP contribution is -2.23. The van der Waals surface area contributed by atoms with Gasteiger partial charge in [0.05, 0.1) is 22.8 Å². The van der Waals surface area contributed by atoms with Crippen LogP contribution >= 0.6 is 0 Å². The highest BCUT2D eigenvalue weighted by molar-refractivity contribution is 7.89. The lowest BCUT2D eigenvalue weighted by Gasteiger charge is -2.06. The first-order valence-corrected chi connectivity index (χ1v) is 7.29. The lowest BCUT2D eigenvalue weighted by atomic mass is 10.3. The average molecular weight is 297 g/mol. The fourth-order valence-electron chi connectivity index (χ4n) is 1.55. The van der Waals surface area contributed by atoms with Crippen LogP contribution in [0.5, 0.6) is 5.75 Å². The Balaban J connectivity index is 2.16. The number of phenols is 1. The van der Waals surface area contributed by atoms with E-state index < -0.39 is 10.0 Å². The summed E-state index contributed by atoms with van der Waals surface area (Å²) >= 11 is 0. The van der Waals surface area contributed by atoms with E-state index in [1.165, 1.54) is 18.2 Å². The van der Waals surface area contributed by atoms with E-state index in [0.717, 1.165) is 0 Å². The Hall–Kier alpha value is -2.06. The highest BCUT2D eigenvalue weighted by Gasteiger charge is 2.16. The third-order valence-electron chi connectivity index (χ3n) is 2.80. The van der Waals surface area contributed by atoms with Gasteiger partial charge in [-0.2, -0.15) is 0 Å². The predicted octanol–water partition coefficient (Wildman–Crippen LogP) is 1.06. The maximum absolute atomic E-state index is 12.0. The van der Waals surface area contributed by atoms with Crippen LogP contribution in [0.25, 0.3) is 0 Å². The van der Waals surface area contributed by atoms with E-state index in [1.807, 2.05) is 0 Å². The van der Waals surface area contributed by atoms with Crippen molar-refractivity contribution in [3.05, 3.63) is 35.5 Å². The Morgan fingerprint density at radius 2 is 2.10 bits per heavy atom. The first-order valence-electron chi connectivity index (χ1n) is 5.80. The van der Waals surface area contributed by atoms with E-state index in [0.29, 0.717) is 11.5 Å². The molecule has 2 rings (SSSR count). The van der Waals surface area contributed by atoms with Crippen LogP contribution in [0, 0.1) is 13.8 Å². The van der Waals surface area contributed by atoms with Gasteiger partial charge in [0, 0.05) is 0 Å². The summed E-state index contributed by atoms with van der Waals surface area (Å²) in [6.07, 6.45) is 0. The van der Waals surface area contributed by atoms with Gasteiger partial charge in [0.1, 0.15) is 11.5 Å². The second-order valence-electron chi connectivity index (χ2n) is 4.29. The molecule has 0 aliphatic carbocycles. The third kappa shape index (κ3) is 2.91. The number of hydrogen-bond donors (Lipinski definition) is 3. The van der Waals surface area contributed by atoms with Crippen molar-refractivity contribution in [1.29, 1.82) is 0 Å². The molecule has 20 heavy (non-hydrogen) atoms. The van der Waals surface area contributed by atoms with Crippen molar-refractivity contribution in [3.63, 3.8) is 0 Å². The number of phenolic OH excluding ortho intramolecular Hbond substituents is 1. The SMILES string of the molecule is Cc1nc(CNS(=O)(=O)c2ccc(O)c(N)c2)oc1C. The number of aromatic hydroxyl groups is 1. The van der Waals surface area contributed by atoms with E-state index in [2.05, 4.69) is 9.71 Å². The van der Waals surface area contributed by atoms with Crippen molar-refractivity contribution in [2.24, 2.45) is 0 Å². The number of nitrogens with zero attached hydrogens (tertiary/aromatic N) is 1. The first kappa shape index (κ1) is 14.4. The fraction of sp³-hybridized carbons (Fsp3) is 0.250. The monoisotopic (exact) mass is 297 g/mol. The number of rotatable bonds is 4. The van der Waals surface area contributed by atoms with E-state index in [9.17, 15) is 13.5 Å². The zero-order chi connectivity index (χ0) is 14.9. The summed E-state index contributed by atoms with van der Waals surface area (Å²) in [7, 11) is -3.74. The molecule has 0 saturated heterocycles. The predicted molar refractivity (Wildman–Crippen MR) is 72.5 cm³/mol. The summed E-state index contributed by atoms with van der Waals surface area (Å²) in [6, 6.07) is 3.67. The molecule has 1 aromatic carbocycles. The Bertz CT molecular complexity index is 718. The molecule has 0 fully saturated rings. The maximum Gasteiger partial charge on any atom is 0.241 e. The van der Waals surface area contributed by atoms with Gasteiger partial charge < -0.3 is 15.3 Å². The first-order chi connectivity index (χ1) is 9.29. The molecule has 0 spiro atoms. The molecule has 8 heteroatoms. The van der Waals surface area contributed by atoms with Gasteiger partial charge in [-0.15, -0.1) is 0 Å². The maximum atomic E-state index is 12.0. The van der Waals surface area contributed by atoms with Crippen LogP contribution in [0.15, 0.2) is 27.5 Å². The smallest absolute Gasteiger partial charge is 0.241 e.